The molecule has 1 aromatic carbocycles. The van der Waals surface area contributed by atoms with Crippen molar-refractivity contribution in [1.82, 2.24) is 0 Å². The molecule has 0 radical (unpaired) electrons. The van der Waals surface area contributed by atoms with Crippen LogP contribution in [0.15, 0.2) is 18.2 Å². The molecule has 1 saturated heterocycles. The van der Waals surface area contributed by atoms with Gasteiger partial charge in [0.2, 0.25) is 0 Å². The lowest BCUT2D eigenvalue weighted by atomic mass is 9.95. The second-order valence-electron chi connectivity index (χ2n) is 4.80. The Balaban J connectivity index is 2.14. The summed E-state index contributed by atoms with van der Waals surface area (Å²) in [4.78, 5) is 2.31. The van der Waals surface area contributed by atoms with Crippen LogP contribution in [0.3, 0.4) is 0 Å². The number of benzene rings is 1. The molecule has 0 aliphatic carbocycles. The second kappa shape index (κ2) is 4.84. The van der Waals surface area contributed by atoms with Crippen molar-refractivity contribution in [2.45, 2.75) is 19.4 Å². The molecule has 4 N–H and O–H groups in total. The van der Waals surface area contributed by atoms with Gasteiger partial charge in [-0.1, -0.05) is 6.92 Å². The maximum Gasteiger partial charge on any atom is 0.0772 e. The van der Waals surface area contributed by atoms with E-state index >= 15 is 0 Å². The Labute approximate surface area is 103 Å². The summed E-state index contributed by atoms with van der Waals surface area (Å²) < 4.78 is 5.51. The van der Waals surface area contributed by atoms with Crippen LogP contribution in [0.5, 0.6) is 0 Å². The highest BCUT2D eigenvalue weighted by molar-refractivity contribution is 5.69. The van der Waals surface area contributed by atoms with Crippen LogP contribution in [0, 0.1) is 5.92 Å². The number of nitrogens with zero attached hydrogens (tertiary/aromatic N) is 1. The smallest absolute Gasteiger partial charge is 0.0772 e. The number of rotatable bonds is 2. The fourth-order valence-electron chi connectivity index (χ4n) is 2.33. The fourth-order valence-corrected chi connectivity index (χ4v) is 2.33. The lowest BCUT2D eigenvalue weighted by Gasteiger charge is -2.37. The van der Waals surface area contributed by atoms with E-state index < -0.39 is 0 Å². The Morgan fingerprint density at radius 3 is 2.71 bits per heavy atom. The van der Waals surface area contributed by atoms with E-state index in [-0.39, 0.29) is 0 Å². The minimum atomic E-state index is 0.294. The minimum absolute atomic E-state index is 0.294. The molecule has 1 heterocycles. The average molecular weight is 235 g/mol. The highest BCUT2D eigenvalue weighted by atomic mass is 16.5. The fraction of sp³-hybridized carbons (Fsp3) is 0.538. The molecule has 4 nitrogen and oxygen atoms in total. The third kappa shape index (κ3) is 2.47. The van der Waals surface area contributed by atoms with Crippen LogP contribution in [0.2, 0.25) is 0 Å². The van der Waals surface area contributed by atoms with E-state index in [4.69, 9.17) is 16.2 Å². The SMILES string of the molecule is COC1CN(c2ccc(N)c(N)c2)CCC1C. The molecule has 1 aliphatic heterocycles. The van der Waals surface area contributed by atoms with Crippen LogP contribution in [-0.4, -0.2) is 26.3 Å². The summed E-state index contributed by atoms with van der Waals surface area (Å²) in [6, 6.07) is 5.83. The highest BCUT2D eigenvalue weighted by Crippen LogP contribution is 2.28. The average Bonchev–Trinajstić information content (AvgIpc) is 2.33. The summed E-state index contributed by atoms with van der Waals surface area (Å²) in [7, 11) is 1.78. The van der Waals surface area contributed by atoms with E-state index in [1.807, 2.05) is 18.2 Å². The standard InChI is InChI=1S/C13H21N3O/c1-9-5-6-16(8-13(9)17-2)10-3-4-11(14)12(15)7-10/h3-4,7,9,13H,5-6,8,14-15H2,1-2H3. The topological polar surface area (TPSA) is 64.5 Å². The molecule has 1 fully saturated rings. The van der Waals surface area contributed by atoms with E-state index in [2.05, 4.69) is 11.8 Å². The second-order valence-corrected chi connectivity index (χ2v) is 4.80. The van der Waals surface area contributed by atoms with Crippen LogP contribution in [0.4, 0.5) is 17.1 Å². The Hall–Kier alpha value is -1.42. The van der Waals surface area contributed by atoms with Gasteiger partial charge in [-0.3, -0.25) is 0 Å². The number of anilines is 3. The molecule has 94 valence electrons. The first-order valence-corrected chi connectivity index (χ1v) is 6.04. The molecule has 0 aromatic heterocycles. The van der Waals surface area contributed by atoms with Gasteiger partial charge in [0.1, 0.15) is 0 Å². The van der Waals surface area contributed by atoms with Gasteiger partial charge in [-0.2, -0.15) is 0 Å². The molecule has 0 amide bonds. The first-order valence-electron chi connectivity index (χ1n) is 6.04. The number of ether oxygens (including phenoxy) is 1. The van der Waals surface area contributed by atoms with Crippen LogP contribution in [0.25, 0.3) is 0 Å². The van der Waals surface area contributed by atoms with Crippen molar-refractivity contribution < 1.29 is 4.74 Å². The van der Waals surface area contributed by atoms with Crippen molar-refractivity contribution in [2.75, 3.05) is 36.6 Å². The van der Waals surface area contributed by atoms with E-state index in [1.165, 1.54) is 0 Å². The maximum absolute atomic E-state index is 5.84. The van der Waals surface area contributed by atoms with Crippen LogP contribution in [0.1, 0.15) is 13.3 Å². The quantitative estimate of drug-likeness (QED) is 0.766. The summed E-state index contributed by atoms with van der Waals surface area (Å²) in [5.41, 5.74) is 14.0. The van der Waals surface area contributed by atoms with Gasteiger partial charge in [0.15, 0.2) is 0 Å². The lowest BCUT2D eigenvalue weighted by molar-refractivity contribution is 0.0498. The minimum Gasteiger partial charge on any atom is -0.397 e. The van der Waals surface area contributed by atoms with Crippen molar-refractivity contribution in [3.8, 4) is 0 Å². The van der Waals surface area contributed by atoms with Gasteiger partial charge in [-0.05, 0) is 30.5 Å². The summed E-state index contributed by atoms with van der Waals surface area (Å²) in [5, 5.41) is 0. The lowest BCUT2D eigenvalue weighted by Crippen LogP contribution is -2.43. The Morgan fingerprint density at radius 1 is 1.29 bits per heavy atom. The van der Waals surface area contributed by atoms with Gasteiger partial charge in [0, 0.05) is 25.9 Å². The van der Waals surface area contributed by atoms with Gasteiger partial charge in [0.25, 0.3) is 0 Å². The molecule has 17 heavy (non-hydrogen) atoms. The third-order valence-electron chi connectivity index (χ3n) is 3.63. The number of nitrogens with two attached hydrogens (primary N) is 2. The van der Waals surface area contributed by atoms with Crippen molar-refractivity contribution in [2.24, 2.45) is 5.92 Å². The number of methoxy groups -OCH3 is 1. The van der Waals surface area contributed by atoms with Gasteiger partial charge in [0.05, 0.1) is 17.5 Å². The zero-order valence-electron chi connectivity index (χ0n) is 10.5. The molecule has 0 bridgehead atoms. The molecule has 0 saturated carbocycles. The highest BCUT2D eigenvalue weighted by Gasteiger charge is 2.26. The van der Waals surface area contributed by atoms with Gasteiger partial charge < -0.3 is 21.1 Å². The van der Waals surface area contributed by atoms with E-state index in [9.17, 15) is 0 Å². The molecule has 2 unspecified atom stereocenters. The third-order valence-corrected chi connectivity index (χ3v) is 3.63. The van der Waals surface area contributed by atoms with Crippen molar-refractivity contribution >= 4 is 17.1 Å². The van der Waals surface area contributed by atoms with E-state index in [0.717, 1.165) is 25.2 Å². The number of nitrogen functional groups attached to an aromatic ring is 2. The summed E-state index contributed by atoms with van der Waals surface area (Å²) in [6.45, 7) is 4.20. The monoisotopic (exact) mass is 235 g/mol. The van der Waals surface area contributed by atoms with Gasteiger partial charge in [-0.15, -0.1) is 0 Å². The molecular formula is C13H21N3O. The molecule has 0 spiro atoms. The Bertz CT molecular complexity index is 394. The number of hydrogen-bond acceptors (Lipinski definition) is 4. The van der Waals surface area contributed by atoms with Crippen molar-refractivity contribution in [3.05, 3.63) is 18.2 Å². The van der Waals surface area contributed by atoms with Gasteiger partial charge >= 0.3 is 0 Å². The molecule has 1 aliphatic rings. The summed E-state index contributed by atoms with van der Waals surface area (Å²) in [5.74, 6) is 0.613. The van der Waals surface area contributed by atoms with Crippen LogP contribution >= 0.6 is 0 Å². The predicted molar refractivity (Wildman–Crippen MR) is 72.1 cm³/mol. The normalized spacial score (nSPS) is 24.9. The van der Waals surface area contributed by atoms with Crippen LogP contribution in [-0.2, 0) is 4.74 Å². The zero-order chi connectivity index (χ0) is 12.4. The first kappa shape index (κ1) is 12.0. The Kier molecular flexibility index (Phi) is 3.43. The number of piperidine rings is 1. The van der Waals surface area contributed by atoms with Crippen LogP contribution < -0.4 is 16.4 Å². The summed E-state index contributed by atoms with van der Waals surface area (Å²) >= 11 is 0. The summed E-state index contributed by atoms with van der Waals surface area (Å²) in [6.07, 6.45) is 1.44. The zero-order valence-corrected chi connectivity index (χ0v) is 10.5. The molecule has 2 rings (SSSR count). The number of hydrogen-bond donors (Lipinski definition) is 2. The molecule has 4 heteroatoms. The Morgan fingerprint density at radius 2 is 2.06 bits per heavy atom. The van der Waals surface area contributed by atoms with E-state index in [1.54, 1.807) is 7.11 Å². The van der Waals surface area contributed by atoms with Crippen molar-refractivity contribution in [1.29, 1.82) is 0 Å². The molecular weight excluding hydrogens is 214 g/mol. The molecule has 1 aromatic rings. The van der Waals surface area contributed by atoms with E-state index in [0.29, 0.717) is 23.4 Å². The van der Waals surface area contributed by atoms with Gasteiger partial charge in [-0.25, -0.2) is 0 Å². The maximum atomic E-state index is 5.84. The predicted octanol–water partition coefficient (Wildman–Crippen LogP) is 1.71. The molecule has 2 atom stereocenters. The first-order chi connectivity index (χ1) is 8.11. The largest absolute Gasteiger partial charge is 0.397 e. The van der Waals surface area contributed by atoms with Crippen molar-refractivity contribution in [3.63, 3.8) is 0 Å².